The molecule has 1 heterocycles. The molecule has 2 aromatic carbocycles. The molecule has 0 aliphatic carbocycles. The molecule has 0 bridgehead atoms. The lowest BCUT2D eigenvalue weighted by Gasteiger charge is -2.06. The maximum Gasteiger partial charge on any atom is 0.259 e. The van der Waals surface area contributed by atoms with Crippen molar-refractivity contribution in [2.24, 2.45) is 7.05 Å². The number of hydrogen-bond donors (Lipinski definition) is 0. The number of imidazole rings is 1. The summed E-state index contributed by atoms with van der Waals surface area (Å²) in [7, 11) is 2.14. The van der Waals surface area contributed by atoms with Crippen LogP contribution < -0.4 is 4.57 Å². The molecule has 0 saturated heterocycles. The molecule has 0 unspecified atom stereocenters. The van der Waals surface area contributed by atoms with Crippen LogP contribution in [0.3, 0.4) is 0 Å². The van der Waals surface area contributed by atoms with Gasteiger partial charge in [-0.15, -0.1) is 0 Å². The predicted octanol–water partition coefficient (Wildman–Crippen LogP) is 3.69. The van der Waals surface area contributed by atoms with Crippen LogP contribution in [0.25, 0.3) is 16.7 Å². The summed E-state index contributed by atoms with van der Waals surface area (Å²) in [5.41, 5.74) is 7.95. The largest absolute Gasteiger partial charge is 0.259 e. The number of aromatic nitrogens is 2. The van der Waals surface area contributed by atoms with Gasteiger partial charge in [0.25, 0.3) is 5.82 Å². The number of para-hydroxylation sites is 1. The Labute approximate surface area is 120 Å². The zero-order chi connectivity index (χ0) is 14.4. The Kier molecular flexibility index (Phi) is 2.89. The van der Waals surface area contributed by atoms with Crippen LogP contribution in [0.1, 0.15) is 22.5 Å². The summed E-state index contributed by atoms with van der Waals surface area (Å²) in [4.78, 5) is 0. The van der Waals surface area contributed by atoms with Crippen LogP contribution in [0.15, 0.2) is 36.4 Å². The van der Waals surface area contributed by atoms with Crippen molar-refractivity contribution in [3.63, 3.8) is 0 Å². The fraction of sp³-hybridized carbons (Fsp3) is 0.278. The first-order valence-electron chi connectivity index (χ1n) is 7.05. The van der Waals surface area contributed by atoms with Gasteiger partial charge in [0.2, 0.25) is 0 Å². The molecule has 3 aromatic rings. The molecule has 0 radical (unpaired) electrons. The first kappa shape index (κ1) is 12.9. The van der Waals surface area contributed by atoms with Gasteiger partial charge in [0.1, 0.15) is 5.69 Å². The number of hydrogen-bond acceptors (Lipinski definition) is 0. The molecule has 0 saturated carbocycles. The third-order valence-electron chi connectivity index (χ3n) is 4.51. The number of fused-ring (bicyclic) bond motifs is 1. The second-order valence-electron chi connectivity index (χ2n) is 5.59. The van der Waals surface area contributed by atoms with E-state index in [9.17, 15) is 0 Å². The zero-order valence-corrected chi connectivity index (χ0v) is 12.9. The van der Waals surface area contributed by atoms with E-state index < -0.39 is 0 Å². The molecule has 0 N–H and O–H groups in total. The van der Waals surface area contributed by atoms with Gasteiger partial charge in [-0.3, -0.25) is 0 Å². The molecular formula is C18H21N2+. The molecular weight excluding hydrogens is 244 g/mol. The molecule has 0 amide bonds. The zero-order valence-electron chi connectivity index (χ0n) is 12.9. The Bertz CT molecular complexity index is 796. The summed E-state index contributed by atoms with van der Waals surface area (Å²) in [6, 6.07) is 12.9. The molecule has 1 aromatic heterocycles. The average molecular weight is 265 g/mol. The molecule has 0 fully saturated rings. The highest BCUT2D eigenvalue weighted by Gasteiger charge is 2.23. The number of benzene rings is 2. The molecule has 2 nitrogen and oxygen atoms in total. The maximum atomic E-state index is 2.36. The summed E-state index contributed by atoms with van der Waals surface area (Å²) < 4.78 is 4.64. The smallest absolute Gasteiger partial charge is 0.230 e. The number of rotatable bonds is 1. The molecule has 20 heavy (non-hydrogen) atoms. The first-order chi connectivity index (χ1) is 9.52. The summed E-state index contributed by atoms with van der Waals surface area (Å²) in [6.07, 6.45) is 0. The highest BCUT2D eigenvalue weighted by molar-refractivity contribution is 5.81. The monoisotopic (exact) mass is 265 g/mol. The third kappa shape index (κ3) is 1.68. The lowest BCUT2D eigenvalue weighted by molar-refractivity contribution is -0.652. The van der Waals surface area contributed by atoms with E-state index in [0.29, 0.717) is 0 Å². The van der Waals surface area contributed by atoms with Crippen molar-refractivity contribution in [1.29, 1.82) is 0 Å². The van der Waals surface area contributed by atoms with Crippen LogP contribution in [0, 0.1) is 27.7 Å². The summed E-state index contributed by atoms with van der Waals surface area (Å²) in [5, 5.41) is 0. The summed E-state index contributed by atoms with van der Waals surface area (Å²) >= 11 is 0. The van der Waals surface area contributed by atoms with Crippen LogP contribution in [0.4, 0.5) is 0 Å². The molecule has 0 aliphatic heterocycles. The Balaban J connectivity index is 2.50. The van der Waals surface area contributed by atoms with E-state index in [0.717, 1.165) is 0 Å². The van der Waals surface area contributed by atoms with Crippen molar-refractivity contribution >= 4 is 11.0 Å². The average Bonchev–Trinajstić information content (AvgIpc) is 2.70. The molecule has 0 atom stereocenters. The molecule has 0 aliphatic rings. The second kappa shape index (κ2) is 4.48. The van der Waals surface area contributed by atoms with Crippen molar-refractivity contribution < 1.29 is 4.57 Å². The SMILES string of the molecule is Cc1cc2c(c(C)c1C)n(-c1ccccc1)c(C)[n+]2C. The van der Waals surface area contributed by atoms with Gasteiger partial charge in [-0.2, -0.15) is 4.57 Å². The van der Waals surface area contributed by atoms with Crippen LogP contribution in [-0.4, -0.2) is 4.57 Å². The van der Waals surface area contributed by atoms with E-state index in [1.807, 2.05) is 0 Å². The Morgan fingerprint density at radius 3 is 2.20 bits per heavy atom. The second-order valence-corrected chi connectivity index (χ2v) is 5.59. The topological polar surface area (TPSA) is 8.81 Å². The minimum Gasteiger partial charge on any atom is -0.230 e. The fourth-order valence-electron chi connectivity index (χ4n) is 2.96. The first-order valence-corrected chi connectivity index (χ1v) is 7.05. The molecule has 3 rings (SSSR count). The van der Waals surface area contributed by atoms with E-state index in [4.69, 9.17) is 0 Å². The third-order valence-corrected chi connectivity index (χ3v) is 4.51. The maximum absolute atomic E-state index is 2.36. The van der Waals surface area contributed by atoms with Crippen LogP contribution >= 0.6 is 0 Å². The fourth-order valence-corrected chi connectivity index (χ4v) is 2.96. The van der Waals surface area contributed by atoms with Gasteiger partial charge in [-0.25, -0.2) is 4.57 Å². The highest BCUT2D eigenvalue weighted by Crippen LogP contribution is 2.27. The van der Waals surface area contributed by atoms with E-state index in [-0.39, 0.29) is 0 Å². The van der Waals surface area contributed by atoms with Crippen LogP contribution in [-0.2, 0) is 7.05 Å². The Hall–Kier alpha value is -2.09. The standard InChI is InChI=1S/C18H21N2/c1-12-11-17-18(14(3)13(12)2)20(15(4)19(17)5)16-9-7-6-8-10-16/h6-11H,1-5H3/q+1. The van der Waals surface area contributed by atoms with Crippen molar-refractivity contribution in [2.75, 3.05) is 0 Å². The van der Waals surface area contributed by atoms with Gasteiger partial charge in [0, 0.05) is 12.5 Å². The Morgan fingerprint density at radius 2 is 1.55 bits per heavy atom. The lowest BCUT2D eigenvalue weighted by atomic mass is 10.0. The van der Waals surface area contributed by atoms with Gasteiger partial charge < -0.3 is 0 Å². The lowest BCUT2D eigenvalue weighted by Crippen LogP contribution is -2.30. The predicted molar refractivity (Wildman–Crippen MR) is 83.4 cm³/mol. The minimum absolute atomic E-state index is 1.22. The van der Waals surface area contributed by atoms with Gasteiger partial charge >= 0.3 is 0 Å². The molecule has 2 heteroatoms. The summed E-state index contributed by atoms with van der Waals surface area (Å²) in [5.74, 6) is 1.25. The summed E-state index contributed by atoms with van der Waals surface area (Å²) in [6.45, 7) is 8.80. The van der Waals surface area contributed by atoms with E-state index in [1.54, 1.807) is 0 Å². The highest BCUT2D eigenvalue weighted by atomic mass is 15.2. The number of aryl methyl sites for hydroxylation is 3. The van der Waals surface area contributed by atoms with E-state index in [1.165, 1.54) is 39.2 Å². The van der Waals surface area contributed by atoms with Crippen LogP contribution in [0.2, 0.25) is 0 Å². The van der Waals surface area contributed by atoms with Gasteiger partial charge in [-0.05, 0) is 50.1 Å². The Morgan fingerprint density at radius 1 is 0.900 bits per heavy atom. The van der Waals surface area contributed by atoms with E-state index in [2.05, 4.69) is 80.3 Å². The minimum atomic E-state index is 1.22. The molecule has 102 valence electrons. The quantitative estimate of drug-likeness (QED) is 0.593. The van der Waals surface area contributed by atoms with Gasteiger partial charge in [0.15, 0.2) is 11.0 Å². The van der Waals surface area contributed by atoms with Gasteiger partial charge in [0.05, 0.1) is 7.05 Å². The normalized spacial score (nSPS) is 11.2. The molecule has 0 spiro atoms. The number of nitrogens with zero attached hydrogens (tertiary/aromatic N) is 2. The van der Waals surface area contributed by atoms with Crippen molar-refractivity contribution in [3.05, 3.63) is 58.9 Å². The van der Waals surface area contributed by atoms with Crippen molar-refractivity contribution in [3.8, 4) is 5.69 Å². The van der Waals surface area contributed by atoms with Crippen molar-refractivity contribution in [1.82, 2.24) is 4.57 Å². The van der Waals surface area contributed by atoms with Crippen molar-refractivity contribution in [2.45, 2.75) is 27.7 Å². The van der Waals surface area contributed by atoms with Crippen LogP contribution in [0.5, 0.6) is 0 Å². The van der Waals surface area contributed by atoms with Gasteiger partial charge in [-0.1, -0.05) is 18.2 Å². The van der Waals surface area contributed by atoms with E-state index >= 15 is 0 Å².